The minimum Gasteiger partial charge on any atom is -0.492 e. The van der Waals surface area contributed by atoms with Crippen LogP contribution in [0, 0.1) is 10.8 Å². The van der Waals surface area contributed by atoms with Crippen molar-refractivity contribution in [1.29, 1.82) is 5.41 Å². The Kier molecular flexibility index (Phi) is 5.54. The standard InChI is InChI=1S/C14H22N2OS/c1-14(2,13(15)16)9-6-10-17-11-7-4-5-8-12(11)18-3/h4-5,7-8H,6,9-10H2,1-3H3,(H3,15,16). The van der Waals surface area contributed by atoms with Crippen LogP contribution in [0.4, 0.5) is 0 Å². The molecule has 4 heteroatoms. The number of hydrogen-bond donors (Lipinski definition) is 2. The molecule has 0 atom stereocenters. The van der Waals surface area contributed by atoms with Gasteiger partial charge in [-0.05, 0) is 31.2 Å². The van der Waals surface area contributed by atoms with E-state index in [2.05, 4.69) is 6.07 Å². The van der Waals surface area contributed by atoms with Crippen LogP contribution < -0.4 is 10.5 Å². The Morgan fingerprint density at radius 3 is 2.67 bits per heavy atom. The maximum Gasteiger partial charge on any atom is 0.132 e. The lowest BCUT2D eigenvalue weighted by Gasteiger charge is -2.22. The van der Waals surface area contributed by atoms with Gasteiger partial charge in [0.25, 0.3) is 0 Å². The van der Waals surface area contributed by atoms with E-state index in [-0.39, 0.29) is 11.3 Å². The molecule has 1 rings (SSSR count). The zero-order valence-electron chi connectivity index (χ0n) is 11.3. The van der Waals surface area contributed by atoms with Gasteiger partial charge in [0.1, 0.15) is 5.75 Å². The molecule has 0 unspecified atom stereocenters. The largest absolute Gasteiger partial charge is 0.492 e. The SMILES string of the molecule is CSc1ccccc1OCCCC(C)(C)C(=N)N. The van der Waals surface area contributed by atoms with Crippen LogP contribution in [-0.2, 0) is 0 Å². The highest BCUT2D eigenvalue weighted by Gasteiger charge is 2.20. The maximum atomic E-state index is 7.49. The third-order valence-corrected chi connectivity index (χ3v) is 3.78. The number of hydrogen-bond acceptors (Lipinski definition) is 3. The van der Waals surface area contributed by atoms with Gasteiger partial charge in [0.05, 0.1) is 12.4 Å². The van der Waals surface area contributed by atoms with E-state index >= 15 is 0 Å². The number of benzene rings is 1. The Bertz CT molecular complexity index is 405. The molecule has 0 saturated heterocycles. The van der Waals surface area contributed by atoms with Gasteiger partial charge in [0.15, 0.2) is 0 Å². The molecule has 0 saturated carbocycles. The number of nitrogens with one attached hydrogen (secondary N) is 1. The summed E-state index contributed by atoms with van der Waals surface area (Å²) in [4.78, 5) is 1.16. The number of thioether (sulfide) groups is 1. The molecule has 0 aromatic heterocycles. The lowest BCUT2D eigenvalue weighted by atomic mass is 9.87. The molecule has 18 heavy (non-hydrogen) atoms. The van der Waals surface area contributed by atoms with Gasteiger partial charge in [0.2, 0.25) is 0 Å². The Morgan fingerprint density at radius 2 is 2.06 bits per heavy atom. The monoisotopic (exact) mass is 266 g/mol. The van der Waals surface area contributed by atoms with E-state index in [1.807, 2.05) is 38.3 Å². The molecular weight excluding hydrogens is 244 g/mol. The predicted molar refractivity (Wildman–Crippen MR) is 78.6 cm³/mol. The first kappa shape index (κ1) is 14.9. The topological polar surface area (TPSA) is 59.1 Å². The quantitative estimate of drug-likeness (QED) is 0.343. The summed E-state index contributed by atoms with van der Waals surface area (Å²) < 4.78 is 5.77. The number of nitrogens with two attached hydrogens (primary N) is 1. The Hall–Kier alpha value is -1.16. The van der Waals surface area contributed by atoms with Crippen LogP contribution in [0.5, 0.6) is 5.75 Å². The van der Waals surface area contributed by atoms with Crippen molar-refractivity contribution in [1.82, 2.24) is 0 Å². The summed E-state index contributed by atoms with van der Waals surface area (Å²) in [6.45, 7) is 4.64. The number of ether oxygens (including phenoxy) is 1. The van der Waals surface area contributed by atoms with E-state index in [4.69, 9.17) is 15.9 Å². The molecule has 0 spiro atoms. The molecule has 0 radical (unpaired) electrons. The Labute approximate surface area is 114 Å². The van der Waals surface area contributed by atoms with E-state index in [1.165, 1.54) is 0 Å². The Balaban J connectivity index is 2.41. The van der Waals surface area contributed by atoms with Crippen molar-refractivity contribution in [3.63, 3.8) is 0 Å². The molecule has 3 N–H and O–H groups in total. The van der Waals surface area contributed by atoms with Crippen LogP contribution in [0.15, 0.2) is 29.2 Å². The normalized spacial score (nSPS) is 11.3. The zero-order valence-corrected chi connectivity index (χ0v) is 12.1. The zero-order chi connectivity index (χ0) is 13.6. The molecule has 1 aromatic carbocycles. The lowest BCUT2D eigenvalue weighted by Crippen LogP contribution is -2.31. The third-order valence-electron chi connectivity index (χ3n) is 3.00. The number of para-hydroxylation sites is 1. The minimum absolute atomic E-state index is 0.234. The van der Waals surface area contributed by atoms with Gasteiger partial charge >= 0.3 is 0 Å². The second kappa shape index (κ2) is 6.69. The van der Waals surface area contributed by atoms with Crippen molar-refractivity contribution in [3.8, 4) is 5.75 Å². The maximum absolute atomic E-state index is 7.49. The van der Waals surface area contributed by atoms with Gasteiger partial charge in [-0.15, -0.1) is 11.8 Å². The summed E-state index contributed by atoms with van der Waals surface area (Å²) in [7, 11) is 0. The van der Waals surface area contributed by atoms with Gasteiger partial charge in [-0.3, -0.25) is 5.41 Å². The summed E-state index contributed by atoms with van der Waals surface area (Å²) in [5.41, 5.74) is 5.31. The van der Waals surface area contributed by atoms with Gasteiger partial charge in [-0.25, -0.2) is 0 Å². The van der Waals surface area contributed by atoms with Crippen LogP contribution in [-0.4, -0.2) is 18.7 Å². The van der Waals surface area contributed by atoms with Gasteiger partial charge in [-0.2, -0.15) is 0 Å². The molecule has 0 fully saturated rings. The van der Waals surface area contributed by atoms with Crippen LogP contribution >= 0.6 is 11.8 Å². The predicted octanol–water partition coefficient (Wildman–Crippen LogP) is 3.53. The average Bonchev–Trinajstić information content (AvgIpc) is 2.35. The molecule has 1 aromatic rings. The van der Waals surface area contributed by atoms with Gasteiger partial charge in [-0.1, -0.05) is 26.0 Å². The first-order chi connectivity index (χ1) is 8.47. The molecule has 0 aliphatic heterocycles. The van der Waals surface area contributed by atoms with E-state index in [0.717, 1.165) is 23.5 Å². The van der Waals surface area contributed by atoms with Crippen LogP contribution in [0.2, 0.25) is 0 Å². The van der Waals surface area contributed by atoms with Crippen LogP contribution in [0.25, 0.3) is 0 Å². The molecule has 0 heterocycles. The van der Waals surface area contributed by atoms with Crippen molar-refractivity contribution in [3.05, 3.63) is 24.3 Å². The summed E-state index contributed by atoms with van der Waals surface area (Å²) >= 11 is 1.68. The van der Waals surface area contributed by atoms with Crippen molar-refractivity contribution in [2.24, 2.45) is 11.1 Å². The number of rotatable bonds is 7. The molecule has 100 valence electrons. The second-order valence-corrected chi connectivity index (χ2v) is 5.75. The second-order valence-electron chi connectivity index (χ2n) is 4.90. The molecule has 0 aliphatic rings. The molecule has 0 bridgehead atoms. The molecular formula is C14H22N2OS. The summed E-state index contributed by atoms with van der Waals surface area (Å²) in [5, 5.41) is 7.49. The average molecular weight is 266 g/mol. The number of amidine groups is 1. The first-order valence-electron chi connectivity index (χ1n) is 6.07. The first-order valence-corrected chi connectivity index (χ1v) is 7.30. The molecule has 0 aliphatic carbocycles. The van der Waals surface area contributed by atoms with E-state index in [1.54, 1.807) is 11.8 Å². The van der Waals surface area contributed by atoms with Crippen LogP contribution in [0.1, 0.15) is 26.7 Å². The van der Waals surface area contributed by atoms with E-state index in [0.29, 0.717) is 6.61 Å². The van der Waals surface area contributed by atoms with Crippen molar-refractivity contribution >= 4 is 17.6 Å². The van der Waals surface area contributed by atoms with Crippen LogP contribution in [0.3, 0.4) is 0 Å². The molecule has 0 amide bonds. The highest BCUT2D eigenvalue weighted by Crippen LogP contribution is 2.27. The highest BCUT2D eigenvalue weighted by atomic mass is 32.2. The summed E-state index contributed by atoms with van der Waals surface area (Å²) in [5.74, 6) is 1.18. The van der Waals surface area contributed by atoms with E-state index in [9.17, 15) is 0 Å². The summed E-state index contributed by atoms with van der Waals surface area (Å²) in [6.07, 6.45) is 3.81. The van der Waals surface area contributed by atoms with Gasteiger partial charge in [0, 0.05) is 10.3 Å². The fourth-order valence-corrected chi connectivity index (χ4v) is 2.11. The fraction of sp³-hybridized carbons (Fsp3) is 0.500. The molecule has 3 nitrogen and oxygen atoms in total. The van der Waals surface area contributed by atoms with Crippen molar-refractivity contribution in [2.45, 2.75) is 31.6 Å². The van der Waals surface area contributed by atoms with Crippen molar-refractivity contribution in [2.75, 3.05) is 12.9 Å². The van der Waals surface area contributed by atoms with Gasteiger partial charge < -0.3 is 10.5 Å². The van der Waals surface area contributed by atoms with Crippen molar-refractivity contribution < 1.29 is 4.74 Å². The highest BCUT2D eigenvalue weighted by molar-refractivity contribution is 7.98. The smallest absolute Gasteiger partial charge is 0.132 e. The Morgan fingerprint density at radius 1 is 1.39 bits per heavy atom. The van der Waals surface area contributed by atoms with E-state index < -0.39 is 0 Å². The third kappa shape index (κ3) is 4.26. The lowest BCUT2D eigenvalue weighted by molar-refractivity contribution is 0.281. The minimum atomic E-state index is -0.234. The fourth-order valence-electron chi connectivity index (χ4n) is 1.57. The summed E-state index contributed by atoms with van der Waals surface area (Å²) in [6, 6.07) is 8.04.